The van der Waals surface area contributed by atoms with E-state index in [1.807, 2.05) is 23.1 Å². The molecule has 0 aromatic heterocycles. The van der Waals surface area contributed by atoms with Gasteiger partial charge < -0.3 is 9.64 Å². The van der Waals surface area contributed by atoms with E-state index in [-0.39, 0.29) is 5.91 Å². The molecule has 0 atom stereocenters. The number of carbonyl (C=O) groups excluding carboxylic acids is 1. The zero-order valence-electron chi connectivity index (χ0n) is 10.9. The Balaban J connectivity index is 2.01. The standard InChI is InChI=1S/C14H17Br2NO2/c1-19-9-10-4-6-17(7-5-10)14(18)12-3-2-11(15)8-13(12)16/h2-3,8,10H,4-7,9H2,1H3. The Morgan fingerprint density at radius 3 is 2.63 bits per heavy atom. The van der Waals surface area contributed by atoms with Crippen LogP contribution in [0.1, 0.15) is 23.2 Å². The van der Waals surface area contributed by atoms with E-state index in [2.05, 4.69) is 31.9 Å². The summed E-state index contributed by atoms with van der Waals surface area (Å²) in [6.07, 6.45) is 2.04. The summed E-state index contributed by atoms with van der Waals surface area (Å²) in [5.41, 5.74) is 0.730. The average Bonchev–Trinajstić information content (AvgIpc) is 2.39. The molecule has 1 aromatic carbocycles. The van der Waals surface area contributed by atoms with Gasteiger partial charge in [0.05, 0.1) is 5.56 Å². The smallest absolute Gasteiger partial charge is 0.254 e. The van der Waals surface area contributed by atoms with Gasteiger partial charge in [-0.1, -0.05) is 15.9 Å². The Morgan fingerprint density at radius 1 is 1.37 bits per heavy atom. The van der Waals surface area contributed by atoms with Crippen LogP contribution in [0.15, 0.2) is 27.1 Å². The van der Waals surface area contributed by atoms with Gasteiger partial charge in [-0.25, -0.2) is 0 Å². The molecule has 1 amide bonds. The van der Waals surface area contributed by atoms with Crippen molar-refractivity contribution in [3.63, 3.8) is 0 Å². The molecule has 1 aromatic rings. The van der Waals surface area contributed by atoms with Crippen molar-refractivity contribution in [3.05, 3.63) is 32.7 Å². The summed E-state index contributed by atoms with van der Waals surface area (Å²) in [5.74, 6) is 0.692. The van der Waals surface area contributed by atoms with E-state index in [0.29, 0.717) is 5.92 Å². The van der Waals surface area contributed by atoms with Gasteiger partial charge in [0, 0.05) is 35.8 Å². The van der Waals surface area contributed by atoms with Gasteiger partial charge in [0.25, 0.3) is 5.91 Å². The lowest BCUT2D eigenvalue weighted by molar-refractivity contribution is 0.0613. The number of nitrogens with zero attached hydrogens (tertiary/aromatic N) is 1. The summed E-state index contributed by atoms with van der Waals surface area (Å²) in [4.78, 5) is 14.4. The van der Waals surface area contributed by atoms with Crippen LogP contribution < -0.4 is 0 Å². The van der Waals surface area contributed by atoms with Crippen LogP contribution in [0.4, 0.5) is 0 Å². The van der Waals surface area contributed by atoms with Gasteiger partial charge in [0.15, 0.2) is 0 Å². The lowest BCUT2D eigenvalue weighted by Crippen LogP contribution is -2.39. The maximum atomic E-state index is 12.4. The van der Waals surface area contributed by atoms with Gasteiger partial charge in [0.2, 0.25) is 0 Å². The number of amides is 1. The van der Waals surface area contributed by atoms with Crippen LogP contribution in [0.5, 0.6) is 0 Å². The van der Waals surface area contributed by atoms with Crippen LogP contribution in [0.2, 0.25) is 0 Å². The highest BCUT2D eigenvalue weighted by Gasteiger charge is 2.24. The van der Waals surface area contributed by atoms with Crippen molar-refractivity contribution in [1.82, 2.24) is 4.90 Å². The second kappa shape index (κ2) is 6.86. The lowest BCUT2D eigenvalue weighted by atomic mass is 9.97. The van der Waals surface area contributed by atoms with Gasteiger partial charge in [-0.2, -0.15) is 0 Å². The van der Waals surface area contributed by atoms with Crippen LogP contribution in [0.25, 0.3) is 0 Å². The number of hydrogen-bond donors (Lipinski definition) is 0. The summed E-state index contributed by atoms with van der Waals surface area (Å²) in [6, 6.07) is 5.66. The van der Waals surface area contributed by atoms with Crippen molar-refractivity contribution >= 4 is 37.8 Å². The Kier molecular flexibility index (Phi) is 5.42. The Bertz CT molecular complexity index is 457. The quantitative estimate of drug-likeness (QED) is 0.787. The van der Waals surface area contributed by atoms with E-state index in [0.717, 1.165) is 47.0 Å². The zero-order chi connectivity index (χ0) is 13.8. The van der Waals surface area contributed by atoms with Gasteiger partial charge >= 0.3 is 0 Å². The number of carbonyl (C=O) groups is 1. The third kappa shape index (κ3) is 3.80. The first-order valence-electron chi connectivity index (χ1n) is 6.35. The van der Waals surface area contributed by atoms with E-state index in [4.69, 9.17) is 4.74 Å². The summed E-state index contributed by atoms with van der Waals surface area (Å²) >= 11 is 6.85. The third-order valence-electron chi connectivity index (χ3n) is 3.47. The minimum absolute atomic E-state index is 0.107. The molecule has 0 bridgehead atoms. The molecule has 2 rings (SSSR count). The first kappa shape index (κ1) is 15.0. The molecule has 0 radical (unpaired) electrons. The lowest BCUT2D eigenvalue weighted by Gasteiger charge is -2.32. The number of benzene rings is 1. The van der Waals surface area contributed by atoms with Crippen molar-refractivity contribution in [2.45, 2.75) is 12.8 Å². The molecular weight excluding hydrogens is 374 g/mol. The highest BCUT2D eigenvalue weighted by molar-refractivity contribution is 9.11. The highest BCUT2D eigenvalue weighted by Crippen LogP contribution is 2.25. The molecule has 1 aliphatic rings. The zero-order valence-corrected chi connectivity index (χ0v) is 14.0. The number of piperidine rings is 1. The number of likely N-dealkylation sites (tertiary alicyclic amines) is 1. The minimum atomic E-state index is 0.107. The molecule has 1 heterocycles. The molecule has 0 N–H and O–H groups in total. The van der Waals surface area contributed by atoms with Crippen molar-refractivity contribution in [2.75, 3.05) is 26.8 Å². The third-order valence-corrected chi connectivity index (χ3v) is 4.61. The average molecular weight is 391 g/mol. The van der Waals surface area contributed by atoms with Gasteiger partial charge in [-0.05, 0) is 52.9 Å². The summed E-state index contributed by atoms with van der Waals surface area (Å²) in [6.45, 7) is 2.43. The largest absolute Gasteiger partial charge is 0.384 e. The van der Waals surface area contributed by atoms with Gasteiger partial charge in [0.1, 0.15) is 0 Å². The monoisotopic (exact) mass is 389 g/mol. The van der Waals surface area contributed by atoms with E-state index < -0.39 is 0 Å². The topological polar surface area (TPSA) is 29.5 Å². The van der Waals surface area contributed by atoms with Crippen LogP contribution in [-0.4, -0.2) is 37.6 Å². The molecule has 5 heteroatoms. The van der Waals surface area contributed by atoms with E-state index in [9.17, 15) is 4.79 Å². The van der Waals surface area contributed by atoms with Crippen molar-refractivity contribution in [2.24, 2.45) is 5.92 Å². The van der Waals surface area contributed by atoms with E-state index >= 15 is 0 Å². The van der Waals surface area contributed by atoms with Crippen LogP contribution >= 0.6 is 31.9 Å². The Morgan fingerprint density at radius 2 is 2.05 bits per heavy atom. The van der Waals surface area contributed by atoms with Gasteiger partial charge in [-0.3, -0.25) is 4.79 Å². The second-order valence-electron chi connectivity index (χ2n) is 4.82. The molecule has 0 aliphatic carbocycles. The number of ether oxygens (including phenoxy) is 1. The van der Waals surface area contributed by atoms with Gasteiger partial charge in [-0.15, -0.1) is 0 Å². The SMILES string of the molecule is COCC1CCN(C(=O)c2ccc(Br)cc2Br)CC1. The maximum absolute atomic E-state index is 12.4. The number of hydrogen-bond acceptors (Lipinski definition) is 2. The number of methoxy groups -OCH3 is 1. The van der Waals surface area contributed by atoms with Crippen LogP contribution in [-0.2, 0) is 4.74 Å². The Hall–Kier alpha value is -0.390. The Labute approximate surface area is 130 Å². The fourth-order valence-corrected chi connectivity index (χ4v) is 3.59. The molecule has 1 saturated heterocycles. The fraction of sp³-hybridized carbons (Fsp3) is 0.500. The van der Waals surface area contributed by atoms with E-state index in [1.165, 1.54) is 0 Å². The molecule has 0 saturated carbocycles. The molecule has 0 unspecified atom stereocenters. The van der Waals surface area contributed by atoms with Crippen molar-refractivity contribution < 1.29 is 9.53 Å². The fourth-order valence-electron chi connectivity index (χ4n) is 2.37. The number of rotatable bonds is 3. The van der Waals surface area contributed by atoms with Crippen LogP contribution in [0, 0.1) is 5.92 Å². The van der Waals surface area contributed by atoms with Crippen LogP contribution in [0.3, 0.4) is 0 Å². The highest BCUT2D eigenvalue weighted by atomic mass is 79.9. The molecule has 0 spiro atoms. The van der Waals surface area contributed by atoms with E-state index in [1.54, 1.807) is 7.11 Å². The maximum Gasteiger partial charge on any atom is 0.254 e. The normalized spacial score (nSPS) is 16.7. The predicted octanol–water partition coefficient (Wildman–Crippen LogP) is 3.71. The summed E-state index contributed by atoms with van der Waals surface area (Å²) in [5, 5.41) is 0. The first-order chi connectivity index (χ1) is 9.11. The molecule has 1 fully saturated rings. The van der Waals surface area contributed by atoms with Crippen molar-refractivity contribution in [1.29, 1.82) is 0 Å². The molecule has 1 aliphatic heterocycles. The molecular formula is C14H17Br2NO2. The summed E-state index contributed by atoms with van der Waals surface area (Å²) in [7, 11) is 1.73. The number of halogens is 2. The molecule has 104 valence electrons. The summed E-state index contributed by atoms with van der Waals surface area (Å²) < 4.78 is 6.98. The van der Waals surface area contributed by atoms with Crippen molar-refractivity contribution in [3.8, 4) is 0 Å². The second-order valence-corrected chi connectivity index (χ2v) is 6.59. The molecule has 3 nitrogen and oxygen atoms in total. The molecule has 19 heavy (non-hydrogen) atoms. The first-order valence-corrected chi connectivity index (χ1v) is 7.93. The minimum Gasteiger partial charge on any atom is -0.384 e. The predicted molar refractivity (Wildman–Crippen MR) is 82.3 cm³/mol.